The highest BCUT2D eigenvalue weighted by atomic mass is 16.4. The molecule has 5 nitrogen and oxygen atoms in total. The van der Waals surface area contributed by atoms with Crippen molar-refractivity contribution in [1.82, 2.24) is 9.80 Å². The molecule has 0 aromatic heterocycles. The lowest BCUT2D eigenvalue weighted by Gasteiger charge is -2.30. The van der Waals surface area contributed by atoms with Crippen molar-refractivity contribution in [3.05, 3.63) is 35.4 Å². The standard InChI is InChI=1S/C18H26N2O3/c1-3-14-4-6-15(7-5-14)12-19(2)17(21)13-20-10-8-16(9-11-20)18(22)23/h4-7,16H,3,8-13H2,1-2H3,(H,22,23). The molecule has 0 saturated carbocycles. The molecule has 1 aromatic carbocycles. The van der Waals surface area contributed by atoms with Crippen molar-refractivity contribution in [2.45, 2.75) is 32.7 Å². The van der Waals surface area contributed by atoms with Crippen LogP contribution in [0, 0.1) is 5.92 Å². The maximum Gasteiger partial charge on any atom is 0.306 e. The van der Waals surface area contributed by atoms with Crippen molar-refractivity contribution >= 4 is 11.9 Å². The van der Waals surface area contributed by atoms with Gasteiger partial charge in [-0.05, 0) is 43.5 Å². The summed E-state index contributed by atoms with van der Waals surface area (Å²) in [6, 6.07) is 8.34. The molecule has 0 spiro atoms. The molecule has 0 aliphatic carbocycles. The number of benzene rings is 1. The van der Waals surface area contributed by atoms with Crippen molar-refractivity contribution in [3.63, 3.8) is 0 Å². The van der Waals surface area contributed by atoms with Gasteiger partial charge in [-0.25, -0.2) is 0 Å². The zero-order valence-corrected chi connectivity index (χ0v) is 14.0. The molecule has 0 atom stereocenters. The fourth-order valence-electron chi connectivity index (χ4n) is 2.89. The van der Waals surface area contributed by atoms with E-state index in [0.717, 1.165) is 12.0 Å². The van der Waals surface area contributed by atoms with Gasteiger partial charge in [0, 0.05) is 13.6 Å². The van der Waals surface area contributed by atoms with E-state index in [1.165, 1.54) is 5.56 Å². The number of carbonyl (C=O) groups is 2. The number of likely N-dealkylation sites (N-methyl/N-ethyl adjacent to an activating group) is 1. The van der Waals surface area contributed by atoms with E-state index in [9.17, 15) is 9.59 Å². The Labute approximate surface area is 137 Å². The molecular formula is C18H26N2O3. The number of aryl methyl sites for hydroxylation is 1. The lowest BCUT2D eigenvalue weighted by molar-refractivity contribution is -0.143. The first-order valence-electron chi connectivity index (χ1n) is 8.26. The van der Waals surface area contributed by atoms with Gasteiger partial charge >= 0.3 is 5.97 Å². The first kappa shape index (κ1) is 17.5. The van der Waals surface area contributed by atoms with Crippen LogP contribution in [0.15, 0.2) is 24.3 Å². The summed E-state index contributed by atoms with van der Waals surface area (Å²) >= 11 is 0. The van der Waals surface area contributed by atoms with E-state index in [0.29, 0.717) is 39.0 Å². The second-order valence-electron chi connectivity index (χ2n) is 6.31. The molecule has 1 amide bonds. The van der Waals surface area contributed by atoms with Gasteiger partial charge in [0.1, 0.15) is 0 Å². The topological polar surface area (TPSA) is 60.9 Å². The number of hydrogen-bond donors (Lipinski definition) is 1. The van der Waals surface area contributed by atoms with Crippen molar-refractivity contribution in [2.75, 3.05) is 26.7 Å². The number of carbonyl (C=O) groups excluding carboxylic acids is 1. The van der Waals surface area contributed by atoms with E-state index in [1.807, 2.05) is 7.05 Å². The highest BCUT2D eigenvalue weighted by molar-refractivity contribution is 5.78. The summed E-state index contributed by atoms with van der Waals surface area (Å²) in [5.74, 6) is -0.891. The third kappa shape index (κ3) is 5.06. The SMILES string of the molecule is CCc1ccc(CN(C)C(=O)CN2CCC(C(=O)O)CC2)cc1. The molecule has 0 unspecified atom stereocenters. The lowest BCUT2D eigenvalue weighted by Crippen LogP contribution is -2.43. The lowest BCUT2D eigenvalue weighted by atomic mass is 9.97. The van der Waals surface area contributed by atoms with E-state index in [4.69, 9.17) is 5.11 Å². The second-order valence-corrected chi connectivity index (χ2v) is 6.31. The van der Waals surface area contributed by atoms with Crippen LogP contribution in [0.5, 0.6) is 0 Å². The largest absolute Gasteiger partial charge is 0.481 e. The quantitative estimate of drug-likeness (QED) is 0.871. The molecule has 23 heavy (non-hydrogen) atoms. The van der Waals surface area contributed by atoms with E-state index >= 15 is 0 Å². The number of carboxylic acids is 1. The Hall–Kier alpha value is -1.88. The molecule has 1 saturated heterocycles. The Morgan fingerprint density at radius 3 is 2.26 bits per heavy atom. The summed E-state index contributed by atoms with van der Waals surface area (Å²) in [5.41, 5.74) is 2.42. The van der Waals surface area contributed by atoms with Gasteiger partial charge in [0.25, 0.3) is 0 Å². The van der Waals surface area contributed by atoms with Gasteiger partial charge in [-0.2, -0.15) is 0 Å². The summed E-state index contributed by atoms with van der Waals surface area (Å²) in [7, 11) is 1.82. The highest BCUT2D eigenvalue weighted by Gasteiger charge is 2.26. The van der Waals surface area contributed by atoms with E-state index in [1.54, 1.807) is 4.90 Å². The molecule has 0 radical (unpaired) electrons. The van der Waals surface area contributed by atoms with Crippen LogP contribution in [-0.4, -0.2) is 53.5 Å². The summed E-state index contributed by atoms with van der Waals surface area (Å²) in [6.07, 6.45) is 2.27. The van der Waals surface area contributed by atoms with Gasteiger partial charge < -0.3 is 10.0 Å². The first-order chi connectivity index (χ1) is 11.0. The van der Waals surface area contributed by atoms with Crippen LogP contribution in [0.3, 0.4) is 0 Å². The number of nitrogens with zero attached hydrogens (tertiary/aromatic N) is 2. The molecule has 1 aromatic rings. The minimum absolute atomic E-state index is 0.0818. The van der Waals surface area contributed by atoms with Crippen LogP contribution >= 0.6 is 0 Å². The minimum atomic E-state index is -0.719. The van der Waals surface area contributed by atoms with E-state index in [2.05, 4.69) is 36.1 Å². The van der Waals surface area contributed by atoms with Crippen molar-refractivity contribution in [3.8, 4) is 0 Å². The maximum atomic E-state index is 12.3. The number of rotatable bonds is 6. The Kier molecular flexibility index (Phi) is 6.16. The Balaban J connectivity index is 1.79. The Bertz CT molecular complexity index is 534. The number of carboxylic acid groups (broad SMARTS) is 1. The molecule has 5 heteroatoms. The summed E-state index contributed by atoms with van der Waals surface area (Å²) in [4.78, 5) is 27.1. The third-order valence-corrected chi connectivity index (χ3v) is 4.57. The number of aliphatic carboxylic acids is 1. The van der Waals surface area contributed by atoms with E-state index < -0.39 is 5.97 Å². The van der Waals surface area contributed by atoms with Gasteiger partial charge in [0.05, 0.1) is 12.5 Å². The average Bonchev–Trinajstić information content (AvgIpc) is 2.56. The van der Waals surface area contributed by atoms with E-state index in [-0.39, 0.29) is 11.8 Å². The molecule has 1 aliphatic rings. The normalized spacial score (nSPS) is 16.3. The molecule has 2 rings (SSSR count). The van der Waals surface area contributed by atoms with Crippen molar-refractivity contribution < 1.29 is 14.7 Å². The van der Waals surface area contributed by atoms with Crippen LogP contribution in [0.4, 0.5) is 0 Å². The zero-order chi connectivity index (χ0) is 16.8. The third-order valence-electron chi connectivity index (χ3n) is 4.57. The minimum Gasteiger partial charge on any atom is -0.481 e. The summed E-state index contributed by atoms with van der Waals surface area (Å²) in [5, 5.41) is 9.00. The van der Waals surface area contributed by atoms with Crippen LogP contribution in [-0.2, 0) is 22.6 Å². The second kappa shape index (κ2) is 8.11. The fraction of sp³-hybridized carbons (Fsp3) is 0.556. The van der Waals surface area contributed by atoms with Gasteiger partial charge in [-0.15, -0.1) is 0 Å². The molecule has 1 aliphatic heterocycles. The highest BCUT2D eigenvalue weighted by Crippen LogP contribution is 2.17. The number of hydrogen-bond acceptors (Lipinski definition) is 3. The molecule has 126 valence electrons. The first-order valence-corrected chi connectivity index (χ1v) is 8.26. The monoisotopic (exact) mass is 318 g/mol. The number of piperidine rings is 1. The molecule has 1 fully saturated rings. The number of likely N-dealkylation sites (tertiary alicyclic amines) is 1. The van der Waals surface area contributed by atoms with Crippen molar-refractivity contribution in [2.24, 2.45) is 5.92 Å². The van der Waals surface area contributed by atoms with Crippen LogP contribution in [0.25, 0.3) is 0 Å². The zero-order valence-electron chi connectivity index (χ0n) is 14.0. The predicted octanol–water partition coefficient (Wildman–Crippen LogP) is 2.00. The average molecular weight is 318 g/mol. The predicted molar refractivity (Wildman–Crippen MR) is 89.1 cm³/mol. The van der Waals surface area contributed by atoms with Gasteiger partial charge in [-0.3, -0.25) is 14.5 Å². The van der Waals surface area contributed by atoms with Gasteiger partial charge in [-0.1, -0.05) is 31.2 Å². The smallest absolute Gasteiger partial charge is 0.306 e. The van der Waals surface area contributed by atoms with Gasteiger partial charge in [0.2, 0.25) is 5.91 Å². The summed E-state index contributed by atoms with van der Waals surface area (Å²) < 4.78 is 0. The van der Waals surface area contributed by atoms with Crippen LogP contribution < -0.4 is 0 Å². The van der Waals surface area contributed by atoms with Crippen LogP contribution in [0.2, 0.25) is 0 Å². The molecular weight excluding hydrogens is 292 g/mol. The fourth-order valence-corrected chi connectivity index (χ4v) is 2.89. The van der Waals surface area contributed by atoms with Gasteiger partial charge in [0.15, 0.2) is 0 Å². The number of amides is 1. The maximum absolute atomic E-state index is 12.3. The molecule has 1 N–H and O–H groups in total. The van der Waals surface area contributed by atoms with Crippen molar-refractivity contribution in [1.29, 1.82) is 0 Å². The molecule has 1 heterocycles. The Morgan fingerprint density at radius 2 is 1.74 bits per heavy atom. The van der Waals surface area contributed by atoms with Crippen LogP contribution in [0.1, 0.15) is 30.9 Å². The summed E-state index contributed by atoms with van der Waals surface area (Å²) in [6.45, 7) is 4.46. The molecule has 0 bridgehead atoms. The Morgan fingerprint density at radius 1 is 1.17 bits per heavy atom.